The zero-order chi connectivity index (χ0) is 17.1. The quantitative estimate of drug-likeness (QED) is 0.773. The molecule has 122 valence electrons. The van der Waals surface area contributed by atoms with E-state index >= 15 is 0 Å². The van der Waals surface area contributed by atoms with Crippen molar-refractivity contribution in [3.05, 3.63) is 12.0 Å². The smallest absolute Gasteiger partial charge is 0.428 e. The van der Waals surface area contributed by atoms with Gasteiger partial charge in [-0.2, -0.15) is 4.98 Å². The molecule has 8 heteroatoms. The number of hydrogen-bond acceptors (Lipinski definition) is 7. The van der Waals surface area contributed by atoms with Crippen LogP contribution >= 0.6 is 0 Å². The third-order valence-electron chi connectivity index (χ3n) is 1.97. The zero-order valence-corrected chi connectivity index (χ0v) is 13.5. The minimum Gasteiger partial charge on any atom is -0.443 e. The average Bonchev–Trinajstić information content (AvgIpc) is 2.72. The van der Waals surface area contributed by atoms with Gasteiger partial charge in [0.25, 0.3) is 0 Å². The fourth-order valence-corrected chi connectivity index (χ4v) is 1.28. The van der Waals surface area contributed by atoms with E-state index < -0.39 is 29.4 Å². The van der Waals surface area contributed by atoms with Gasteiger partial charge in [0.05, 0.1) is 0 Å². The molecule has 0 bridgehead atoms. The number of aldehydes is 1. The van der Waals surface area contributed by atoms with Crippen LogP contribution in [0.5, 0.6) is 0 Å². The Bertz CT molecular complexity index is 537. The Morgan fingerprint density at radius 3 is 1.86 bits per heavy atom. The lowest BCUT2D eigenvalue weighted by molar-refractivity contribution is 0.0419. The summed E-state index contributed by atoms with van der Waals surface area (Å²) in [5.41, 5.74) is -1.73. The van der Waals surface area contributed by atoms with Gasteiger partial charge in [-0.1, -0.05) is 0 Å². The number of ether oxygens (including phenoxy) is 2. The highest BCUT2D eigenvalue weighted by molar-refractivity contribution is 6.07. The largest absolute Gasteiger partial charge is 0.443 e. The van der Waals surface area contributed by atoms with Crippen LogP contribution in [-0.2, 0) is 9.47 Å². The number of oxazole rings is 1. The van der Waals surface area contributed by atoms with E-state index in [2.05, 4.69) is 4.98 Å². The van der Waals surface area contributed by atoms with Crippen LogP contribution in [0.1, 0.15) is 52.0 Å². The lowest BCUT2D eigenvalue weighted by Crippen LogP contribution is -2.44. The van der Waals surface area contributed by atoms with Gasteiger partial charge < -0.3 is 13.9 Å². The fraction of sp³-hybridized carbons (Fsp3) is 0.571. The Kier molecular flexibility index (Phi) is 4.95. The van der Waals surface area contributed by atoms with Crippen LogP contribution < -0.4 is 4.90 Å². The van der Waals surface area contributed by atoms with E-state index in [1.807, 2.05) is 0 Å². The molecule has 22 heavy (non-hydrogen) atoms. The second-order valence-electron chi connectivity index (χ2n) is 6.47. The minimum absolute atomic E-state index is 0.0629. The van der Waals surface area contributed by atoms with Crippen LogP contribution in [0.2, 0.25) is 0 Å². The monoisotopic (exact) mass is 312 g/mol. The van der Waals surface area contributed by atoms with Gasteiger partial charge in [-0.05, 0) is 41.5 Å². The molecule has 0 aliphatic heterocycles. The first-order valence-corrected chi connectivity index (χ1v) is 6.60. The summed E-state index contributed by atoms with van der Waals surface area (Å²) in [7, 11) is 0. The van der Waals surface area contributed by atoms with Gasteiger partial charge in [-0.15, -0.1) is 4.90 Å². The van der Waals surface area contributed by atoms with Gasteiger partial charge in [0.1, 0.15) is 23.2 Å². The molecule has 0 aliphatic carbocycles. The lowest BCUT2D eigenvalue weighted by Gasteiger charge is -2.26. The highest BCUT2D eigenvalue weighted by Crippen LogP contribution is 2.20. The molecule has 0 saturated heterocycles. The number of aromatic nitrogens is 1. The first kappa shape index (κ1) is 17.7. The molecule has 0 N–H and O–H groups in total. The van der Waals surface area contributed by atoms with E-state index in [1.165, 1.54) is 0 Å². The standard InChI is InChI=1S/C14H20N2O6/c1-13(2,3)21-11(18)16(12(19)22-14(4,5)6)10-15-9(7-17)8-20-10/h7-8H,1-6H3. The zero-order valence-electron chi connectivity index (χ0n) is 13.5. The molecule has 1 rings (SSSR count). The molecule has 1 aromatic rings. The molecule has 0 atom stereocenters. The van der Waals surface area contributed by atoms with Crippen molar-refractivity contribution < 1.29 is 28.3 Å². The Morgan fingerprint density at radius 2 is 1.55 bits per heavy atom. The van der Waals surface area contributed by atoms with Crippen molar-refractivity contribution in [1.82, 2.24) is 4.98 Å². The molecule has 0 fully saturated rings. The molecule has 0 saturated carbocycles. The second kappa shape index (κ2) is 6.17. The Morgan fingerprint density at radius 1 is 1.09 bits per heavy atom. The lowest BCUT2D eigenvalue weighted by atomic mass is 10.2. The fourth-order valence-electron chi connectivity index (χ4n) is 1.28. The molecule has 0 aromatic carbocycles. The minimum atomic E-state index is -1.01. The third kappa shape index (κ3) is 5.19. The van der Waals surface area contributed by atoms with Crippen LogP contribution in [0.4, 0.5) is 15.6 Å². The molecule has 0 spiro atoms. The predicted octanol–water partition coefficient (Wildman–Crippen LogP) is 3.16. The molecule has 0 radical (unpaired) electrons. The van der Waals surface area contributed by atoms with Crippen molar-refractivity contribution >= 4 is 24.5 Å². The first-order valence-electron chi connectivity index (χ1n) is 6.60. The number of rotatable bonds is 2. The van der Waals surface area contributed by atoms with Crippen LogP contribution in [0.15, 0.2) is 10.7 Å². The Hall–Kier alpha value is -2.38. The summed E-state index contributed by atoms with van der Waals surface area (Å²) in [4.78, 5) is 39.3. The summed E-state index contributed by atoms with van der Waals surface area (Å²) >= 11 is 0. The summed E-state index contributed by atoms with van der Waals surface area (Å²) < 4.78 is 15.2. The predicted molar refractivity (Wildman–Crippen MR) is 76.8 cm³/mol. The maximum absolute atomic E-state index is 12.2. The molecule has 2 amide bonds. The van der Waals surface area contributed by atoms with Crippen molar-refractivity contribution in [3.8, 4) is 0 Å². The van der Waals surface area contributed by atoms with Gasteiger partial charge >= 0.3 is 18.2 Å². The molecule has 0 aliphatic rings. The van der Waals surface area contributed by atoms with Crippen LogP contribution in [0.25, 0.3) is 0 Å². The van der Waals surface area contributed by atoms with Gasteiger partial charge in [0.15, 0.2) is 6.29 Å². The van der Waals surface area contributed by atoms with Crippen LogP contribution in [-0.4, -0.2) is 34.7 Å². The van der Waals surface area contributed by atoms with Crippen LogP contribution in [0, 0.1) is 0 Å². The maximum Gasteiger partial charge on any atom is 0.428 e. The van der Waals surface area contributed by atoms with Crippen molar-refractivity contribution in [3.63, 3.8) is 0 Å². The van der Waals surface area contributed by atoms with Gasteiger partial charge in [0.2, 0.25) is 0 Å². The van der Waals surface area contributed by atoms with Crippen molar-refractivity contribution in [2.75, 3.05) is 4.90 Å². The Balaban J connectivity index is 3.12. The molecular formula is C14H20N2O6. The van der Waals surface area contributed by atoms with Gasteiger partial charge in [-0.25, -0.2) is 9.59 Å². The highest BCUT2D eigenvalue weighted by atomic mass is 16.6. The van der Waals surface area contributed by atoms with E-state index in [0.29, 0.717) is 11.2 Å². The number of nitrogens with zero attached hydrogens (tertiary/aromatic N) is 2. The van der Waals surface area contributed by atoms with Gasteiger partial charge in [-0.3, -0.25) is 4.79 Å². The summed E-state index contributed by atoms with van der Waals surface area (Å²) in [6.07, 6.45) is -0.582. The molecule has 0 unspecified atom stereocenters. The Labute approximate surface area is 128 Å². The summed E-state index contributed by atoms with van der Waals surface area (Å²) in [6, 6.07) is -0.398. The SMILES string of the molecule is CC(C)(C)OC(=O)N(C(=O)OC(C)(C)C)c1nc(C=O)co1. The average molecular weight is 312 g/mol. The molecular weight excluding hydrogens is 292 g/mol. The van der Waals surface area contributed by atoms with E-state index in [9.17, 15) is 14.4 Å². The second-order valence-corrected chi connectivity index (χ2v) is 6.47. The number of hydrogen-bond donors (Lipinski definition) is 0. The van der Waals surface area contributed by atoms with E-state index in [0.717, 1.165) is 6.26 Å². The third-order valence-corrected chi connectivity index (χ3v) is 1.97. The topological polar surface area (TPSA) is 98.9 Å². The summed E-state index contributed by atoms with van der Waals surface area (Å²) in [5, 5.41) is 0. The van der Waals surface area contributed by atoms with Gasteiger partial charge in [0, 0.05) is 0 Å². The number of anilines is 1. The van der Waals surface area contributed by atoms with Crippen molar-refractivity contribution in [2.24, 2.45) is 0 Å². The number of imide groups is 1. The van der Waals surface area contributed by atoms with Crippen LogP contribution in [0.3, 0.4) is 0 Å². The molecule has 1 aromatic heterocycles. The number of amides is 2. The van der Waals surface area contributed by atoms with E-state index in [4.69, 9.17) is 13.9 Å². The molecule has 1 heterocycles. The normalized spacial score (nSPS) is 11.7. The maximum atomic E-state index is 12.2. The highest BCUT2D eigenvalue weighted by Gasteiger charge is 2.35. The van der Waals surface area contributed by atoms with E-state index in [1.54, 1.807) is 41.5 Å². The summed E-state index contributed by atoms with van der Waals surface area (Å²) in [6.45, 7) is 9.86. The number of carbonyl (C=O) groups is 3. The summed E-state index contributed by atoms with van der Waals surface area (Å²) in [5.74, 6) is 0. The number of carbonyl (C=O) groups excluding carboxylic acids is 3. The van der Waals surface area contributed by atoms with Crippen molar-refractivity contribution in [1.29, 1.82) is 0 Å². The molecule has 8 nitrogen and oxygen atoms in total. The van der Waals surface area contributed by atoms with E-state index in [-0.39, 0.29) is 5.69 Å². The first-order chi connectivity index (χ1) is 9.93. The van der Waals surface area contributed by atoms with Crippen molar-refractivity contribution in [2.45, 2.75) is 52.7 Å².